The van der Waals surface area contributed by atoms with E-state index in [1.54, 1.807) is 0 Å². The van der Waals surface area contributed by atoms with E-state index in [2.05, 4.69) is 16.7 Å². The zero-order valence-electron chi connectivity index (χ0n) is 18.3. The molecule has 166 valence electrons. The van der Waals surface area contributed by atoms with Gasteiger partial charge < -0.3 is 20.3 Å². The van der Waals surface area contributed by atoms with Gasteiger partial charge in [0.25, 0.3) is 10.9 Å². The maximum Gasteiger partial charge on any atom is 0.253 e. The number of nitrogens with one attached hydrogen (secondary N) is 2. The third-order valence-corrected chi connectivity index (χ3v) is 6.64. The SMILES string of the molecule is Cc1ccc(NC(=O)C2CCC(CNc3c(N4CCOCC4)c(=O)c3=O)CC2)c(C)c1. The van der Waals surface area contributed by atoms with Gasteiger partial charge in [-0.05, 0) is 57.1 Å². The first kappa shape index (κ1) is 21.6. The Kier molecular flexibility index (Phi) is 6.41. The summed E-state index contributed by atoms with van der Waals surface area (Å²) in [5.41, 5.74) is 3.32. The number of amides is 1. The Morgan fingerprint density at radius 1 is 1.06 bits per heavy atom. The summed E-state index contributed by atoms with van der Waals surface area (Å²) in [5, 5.41) is 6.32. The van der Waals surface area contributed by atoms with Crippen LogP contribution in [0, 0.1) is 25.7 Å². The topological polar surface area (TPSA) is 87.7 Å². The van der Waals surface area contributed by atoms with E-state index in [1.807, 2.05) is 30.9 Å². The van der Waals surface area contributed by atoms with Gasteiger partial charge in [0, 0.05) is 31.2 Å². The molecule has 1 saturated carbocycles. The van der Waals surface area contributed by atoms with E-state index in [0.717, 1.165) is 36.9 Å². The summed E-state index contributed by atoms with van der Waals surface area (Å²) in [5.74, 6) is 0.509. The van der Waals surface area contributed by atoms with E-state index in [-0.39, 0.29) is 11.8 Å². The molecule has 2 N–H and O–H groups in total. The average molecular weight is 426 g/mol. The van der Waals surface area contributed by atoms with Gasteiger partial charge in [-0.15, -0.1) is 0 Å². The normalized spacial score (nSPS) is 21.8. The molecular weight excluding hydrogens is 394 g/mol. The van der Waals surface area contributed by atoms with Crippen LogP contribution in [0.4, 0.5) is 17.1 Å². The van der Waals surface area contributed by atoms with Crippen molar-refractivity contribution in [2.45, 2.75) is 39.5 Å². The maximum absolute atomic E-state index is 12.7. The summed E-state index contributed by atoms with van der Waals surface area (Å²) in [6, 6.07) is 6.05. The summed E-state index contributed by atoms with van der Waals surface area (Å²) >= 11 is 0. The maximum atomic E-state index is 12.7. The van der Waals surface area contributed by atoms with Gasteiger partial charge >= 0.3 is 0 Å². The van der Waals surface area contributed by atoms with Gasteiger partial charge in [-0.2, -0.15) is 0 Å². The third kappa shape index (κ3) is 4.66. The van der Waals surface area contributed by atoms with Crippen LogP contribution < -0.4 is 26.4 Å². The van der Waals surface area contributed by atoms with Crippen LogP contribution in [0.1, 0.15) is 36.8 Å². The Morgan fingerprint density at radius 3 is 2.45 bits per heavy atom. The smallest absolute Gasteiger partial charge is 0.253 e. The van der Waals surface area contributed by atoms with Crippen molar-refractivity contribution >= 4 is 23.0 Å². The van der Waals surface area contributed by atoms with Crippen molar-refractivity contribution in [3.05, 3.63) is 49.8 Å². The molecule has 0 atom stereocenters. The lowest BCUT2D eigenvalue weighted by molar-refractivity contribution is -0.121. The second kappa shape index (κ2) is 9.22. The van der Waals surface area contributed by atoms with Crippen molar-refractivity contribution in [3.8, 4) is 0 Å². The van der Waals surface area contributed by atoms with Gasteiger partial charge in [0.15, 0.2) is 0 Å². The first-order chi connectivity index (χ1) is 14.9. The van der Waals surface area contributed by atoms with E-state index in [9.17, 15) is 14.4 Å². The highest BCUT2D eigenvalue weighted by Crippen LogP contribution is 2.31. The molecule has 7 heteroatoms. The number of benzene rings is 1. The lowest BCUT2D eigenvalue weighted by Gasteiger charge is -2.32. The number of rotatable bonds is 6. The molecule has 2 aromatic rings. The van der Waals surface area contributed by atoms with E-state index in [0.29, 0.717) is 50.1 Å². The highest BCUT2D eigenvalue weighted by Gasteiger charge is 2.30. The van der Waals surface area contributed by atoms with Crippen molar-refractivity contribution in [1.29, 1.82) is 0 Å². The Balaban J connectivity index is 1.27. The molecule has 4 rings (SSSR count). The van der Waals surface area contributed by atoms with Crippen molar-refractivity contribution in [2.75, 3.05) is 48.4 Å². The van der Waals surface area contributed by atoms with Crippen LogP contribution in [0.25, 0.3) is 0 Å². The zero-order chi connectivity index (χ0) is 22.0. The van der Waals surface area contributed by atoms with E-state index < -0.39 is 10.9 Å². The molecular formula is C24H31N3O4. The number of anilines is 3. The van der Waals surface area contributed by atoms with Crippen molar-refractivity contribution in [3.63, 3.8) is 0 Å². The highest BCUT2D eigenvalue weighted by atomic mass is 16.5. The summed E-state index contributed by atoms with van der Waals surface area (Å²) in [4.78, 5) is 38.8. The fourth-order valence-corrected chi connectivity index (χ4v) is 4.70. The predicted molar refractivity (Wildman–Crippen MR) is 123 cm³/mol. The summed E-state index contributed by atoms with van der Waals surface area (Å²) in [6.45, 7) is 7.14. The van der Waals surface area contributed by atoms with E-state index in [1.165, 1.54) is 5.56 Å². The quantitative estimate of drug-likeness (QED) is 0.692. The van der Waals surface area contributed by atoms with Crippen molar-refractivity contribution < 1.29 is 9.53 Å². The van der Waals surface area contributed by atoms with Crippen LogP contribution in [-0.2, 0) is 9.53 Å². The Labute approximate surface area is 182 Å². The molecule has 0 spiro atoms. The minimum absolute atomic E-state index is 0.0204. The summed E-state index contributed by atoms with van der Waals surface area (Å²) < 4.78 is 5.34. The molecule has 1 saturated heterocycles. The second-order valence-electron chi connectivity index (χ2n) is 8.89. The number of hydrogen-bond acceptors (Lipinski definition) is 6. The fourth-order valence-electron chi connectivity index (χ4n) is 4.70. The first-order valence-corrected chi connectivity index (χ1v) is 11.2. The third-order valence-electron chi connectivity index (χ3n) is 6.64. The second-order valence-corrected chi connectivity index (χ2v) is 8.89. The van der Waals surface area contributed by atoms with Crippen LogP contribution in [0.15, 0.2) is 27.8 Å². The van der Waals surface area contributed by atoms with Crippen LogP contribution in [0.2, 0.25) is 0 Å². The van der Waals surface area contributed by atoms with Gasteiger partial charge in [-0.25, -0.2) is 0 Å². The molecule has 0 radical (unpaired) electrons. The lowest BCUT2D eigenvalue weighted by Crippen LogP contribution is -2.47. The largest absolute Gasteiger partial charge is 0.380 e. The van der Waals surface area contributed by atoms with Gasteiger partial charge in [0.1, 0.15) is 11.4 Å². The van der Waals surface area contributed by atoms with E-state index in [4.69, 9.17) is 4.74 Å². The lowest BCUT2D eigenvalue weighted by atomic mass is 9.81. The van der Waals surface area contributed by atoms with Crippen LogP contribution in [0.3, 0.4) is 0 Å². The summed E-state index contributed by atoms with van der Waals surface area (Å²) in [6.07, 6.45) is 3.54. The highest BCUT2D eigenvalue weighted by molar-refractivity contribution is 5.93. The number of nitrogens with zero attached hydrogens (tertiary/aromatic N) is 1. The van der Waals surface area contributed by atoms with Gasteiger partial charge in [-0.3, -0.25) is 14.4 Å². The molecule has 1 aliphatic carbocycles. The molecule has 1 amide bonds. The Hall–Kier alpha value is -2.67. The van der Waals surface area contributed by atoms with Crippen LogP contribution in [0.5, 0.6) is 0 Å². The van der Waals surface area contributed by atoms with Gasteiger partial charge in [-0.1, -0.05) is 17.7 Å². The molecule has 1 heterocycles. The minimum atomic E-state index is -0.414. The Morgan fingerprint density at radius 2 is 1.77 bits per heavy atom. The predicted octanol–water partition coefficient (Wildman–Crippen LogP) is 2.59. The van der Waals surface area contributed by atoms with Crippen molar-refractivity contribution in [2.24, 2.45) is 11.8 Å². The van der Waals surface area contributed by atoms with Crippen molar-refractivity contribution in [1.82, 2.24) is 0 Å². The molecule has 0 bridgehead atoms. The number of ether oxygens (including phenoxy) is 1. The van der Waals surface area contributed by atoms with Gasteiger partial charge in [0.2, 0.25) is 5.91 Å². The van der Waals surface area contributed by atoms with Crippen LogP contribution in [-0.4, -0.2) is 38.8 Å². The number of carbonyl (C=O) groups excluding carboxylic acids is 1. The zero-order valence-corrected chi connectivity index (χ0v) is 18.3. The monoisotopic (exact) mass is 425 g/mol. The molecule has 0 unspecified atom stereocenters. The minimum Gasteiger partial charge on any atom is -0.380 e. The molecule has 7 nitrogen and oxygen atoms in total. The number of carbonyl (C=O) groups is 1. The van der Waals surface area contributed by atoms with E-state index >= 15 is 0 Å². The standard InChI is InChI=1S/C24H31N3O4/c1-15-3-8-19(16(2)13-15)26-24(30)18-6-4-17(5-7-18)14-25-20-21(23(29)22(20)28)27-9-11-31-12-10-27/h3,8,13,17-18,25H,4-7,9-12,14H2,1-2H3,(H,26,30). The first-order valence-electron chi connectivity index (χ1n) is 11.2. The average Bonchev–Trinajstić information content (AvgIpc) is 2.78. The fraction of sp³-hybridized carbons (Fsp3) is 0.542. The van der Waals surface area contributed by atoms with Crippen LogP contribution >= 0.6 is 0 Å². The number of aryl methyl sites for hydroxylation is 2. The molecule has 2 aliphatic rings. The molecule has 2 aromatic carbocycles. The Bertz CT molecular complexity index is 1010. The number of morpholine rings is 1. The molecule has 2 fully saturated rings. The molecule has 1 aliphatic heterocycles. The number of hydrogen-bond donors (Lipinski definition) is 2. The molecule has 0 aromatic heterocycles. The summed E-state index contributed by atoms with van der Waals surface area (Å²) in [7, 11) is 0. The van der Waals surface area contributed by atoms with Gasteiger partial charge in [0.05, 0.1) is 13.2 Å². The molecule has 31 heavy (non-hydrogen) atoms.